The highest BCUT2D eigenvalue weighted by Crippen LogP contribution is 2.30. The van der Waals surface area contributed by atoms with Crippen LogP contribution in [0.25, 0.3) is 16.3 Å². The van der Waals surface area contributed by atoms with Crippen LogP contribution in [0.3, 0.4) is 0 Å². The molecule has 0 aliphatic carbocycles. The van der Waals surface area contributed by atoms with Crippen molar-refractivity contribution in [3.63, 3.8) is 0 Å². The second-order valence-electron chi connectivity index (χ2n) is 5.48. The zero-order valence-corrected chi connectivity index (χ0v) is 15.0. The topological polar surface area (TPSA) is 59.8 Å². The number of nitrogens with zero attached hydrogens (tertiary/aromatic N) is 3. The minimum absolute atomic E-state index is 0.285. The van der Waals surface area contributed by atoms with Crippen molar-refractivity contribution in [1.29, 1.82) is 0 Å². The summed E-state index contributed by atoms with van der Waals surface area (Å²) in [6, 6.07) is 17.1. The van der Waals surface area contributed by atoms with Crippen LogP contribution in [0.5, 0.6) is 0 Å². The fourth-order valence-corrected chi connectivity index (χ4v) is 3.56. The van der Waals surface area contributed by atoms with Gasteiger partial charge in [0.05, 0.1) is 28.8 Å². The van der Waals surface area contributed by atoms with Crippen LogP contribution in [0.15, 0.2) is 72.4 Å². The SMILES string of the molecule is O=C(Nc1cnn(-c2ccccc2)c1)c1csc(-c2ccccc2Cl)n1. The number of hydrogen-bond acceptors (Lipinski definition) is 4. The minimum Gasteiger partial charge on any atom is -0.318 e. The summed E-state index contributed by atoms with van der Waals surface area (Å²) in [5, 5.41) is 10.1. The molecule has 5 nitrogen and oxygen atoms in total. The molecular weight excluding hydrogens is 368 g/mol. The zero-order chi connectivity index (χ0) is 17.9. The van der Waals surface area contributed by atoms with Crippen LogP contribution in [0.4, 0.5) is 5.69 Å². The van der Waals surface area contributed by atoms with E-state index in [1.807, 2.05) is 48.5 Å². The molecule has 0 atom stereocenters. The monoisotopic (exact) mass is 380 g/mol. The molecule has 128 valence electrons. The third kappa shape index (κ3) is 3.37. The molecule has 0 unspecified atom stereocenters. The molecular formula is C19H13ClN4OS. The van der Waals surface area contributed by atoms with E-state index in [4.69, 9.17) is 11.6 Å². The van der Waals surface area contributed by atoms with Crippen molar-refractivity contribution in [3.8, 4) is 16.3 Å². The average Bonchev–Trinajstić information content (AvgIpc) is 3.33. The first kappa shape index (κ1) is 16.5. The third-order valence-electron chi connectivity index (χ3n) is 3.70. The summed E-state index contributed by atoms with van der Waals surface area (Å²) in [5.41, 5.74) is 2.68. The quantitative estimate of drug-likeness (QED) is 0.547. The molecule has 1 N–H and O–H groups in total. The van der Waals surface area contributed by atoms with Crippen molar-refractivity contribution in [2.45, 2.75) is 0 Å². The average molecular weight is 381 g/mol. The van der Waals surface area contributed by atoms with Crippen molar-refractivity contribution in [1.82, 2.24) is 14.8 Å². The van der Waals surface area contributed by atoms with E-state index in [9.17, 15) is 4.79 Å². The van der Waals surface area contributed by atoms with Gasteiger partial charge in [-0.05, 0) is 18.2 Å². The number of halogens is 1. The van der Waals surface area contributed by atoms with Gasteiger partial charge in [0.2, 0.25) is 0 Å². The van der Waals surface area contributed by atoms with E-state index >= 15 is 0 Å². The van der Waals surface area contributed by atoms with E-state index in [0.29, 0.717) is 21.4 Å². The fourth-order valence-electron chi connectivity index (χ4n) is 2.44. The molecule has 0 aliphatic heterocycles. The third-order valence-corrected chi connectivity index (χ3v) is 4.91. The van der Waals surface area contributed by atoms with Crippen LogP contribution in [0.2, 0.25) is 5.02 Å². The van der Waals surface area contributed by atoms with E-state index in [0.717, 1.165) is 11.3 Å². The lowest BCUT2D eigenvalue weighted by Gasteiger charge is -2.01. The largest absolute Gasteiger partial charge is 0.318 e. The van der Waals surface area contributed by atoms with Gasteiger partial charge in [0.15, 0.2) is 0 Å². The van der Waals surface area contributed by atoms with Crippen molar-refractivity contribution < 1.29 is 4.79 Å². The predicted molar refractivity (Wildman–Crippen MR) is 104 cm³/mol. The van der Waals surface area contributed by atoms with Crippen molar-refractivity contribution in [3.05, 3.63) is 83.1 Å². The molecule has 0 saturated heterocycles. The number of rotatable bonds is 4. The van der Waals surface area contributed by atoms with Gasteiger partial charge < -0.3 is 5.32 Å². The molecule has 0 saturated carbocycles. The van der Waals surface area contributed by atoms with E-state index in [2.05, 4.69) is 15.4 Å². The summed E-state index contributed by atoms with van der Waals surface area (Å²) in [6.45, 7) is 0. The van der Waals surface area contributed by atoms with Crippen LogP contribution in [-0.2, 0) is 0 Å². The van der Waals surface area contributed by atoms with Crippen LogP contribution in [0.1, 0.15) is 10.5 Å². The molecule has 0 radical (unpaired) electrons. The van der Waals surface area contributed by atoms with Gasteiger partial charge in [-0.2, -0.15) is 5.10 Å². The van der Waals surface area contributed by atoms with Crippen molar-refractivity contribution in [2.75, 3.05) is 5.32 Å². The van der Waals surface area contributed by atoms with Gasteiger partial charge in [-0.15, -0.1) is 11.3 Å². The minimum atomic E-state index is -0.285. The maximum Gasteiger partial charge on any atom is 0.275 e. The molecule has 4 rings (SSSR count). The summed E-state index contributed by atoms with van der Waals surface area (Å²) in [7, 11) is 0. The molecule has 7 heteroatoms. The fraction of sp³-hybridized carbons (Fsp3) is 0. The first-order valence-corrected chi connectivity index (χ1v) is 9.08. The Morgan fingerprint density at radius 2 is 1.85 bits per heavy atom. The summed E-state index contributed by atoms with van der Waals surface area (Å²) >= 11 is 7.57. The summed E-state index contributed by atoms with van der Waals surface area (Å²) < 4.78 is 1.70. The molecule has 2 heterocycles. The van der Waals surface area contributed by atoms with Gasteiger partial charge in [-0.1, -0.05) is 48.0 Å². The van der Waals surface area contributed by atoms with Crippen LogP contribution >= 0.6 is 22.9 Å². The Morgan fingerprint density at radius 1 is 1.08 bits per heavy atom. The second kappa shape index (κ2) is 7.11. The van der Waals surface area contributed by atoms with E-state index in [1.165, 1.54) is 11.3 Å². The number of anilines is 1. The van der Waals surface area contributed by atoms with E-state index < -0.39 is 0 Å². The molecule has 0 bridgehead atoms. The molecule has 0 aliphatic rings. The Morgan fingerprint density at radius 3 is 2.65 bits per heavy atom. The first-order chi connectivity index (χ1) is 12.7. The summed E-state index contributed by atoms with van der Waals surface area (Å²) in [6.07, 6.45) is 3.36. The van der Waals surface area contributed by atoms with Gasteiger partial charge in [-0.25, -0.2) is 9.67 Å². The number of carbonyl (C=O) groups is 1. The van der Waals surface area contributed by atoms with Crippen LogP contribution in [0, 0.1) is 0 Å². The lowest BCUT2D eigenvalue weighted by Crippen LogP contribution is -2.11. The Balaban J connectivity index is 1.51. The van der Waals surface area contributed by atoms with Crippen molar-refractivity contribution >= 4 is 34.5 Å². The highest BCUT2D eigenvalue weighted by Gasteiger charge is 2.14. The smallest absolute Gasteiger partial charge is 0.275 e. The Kier molecular flexibility index (Phi) is 4.51. The Labute approximate surface area is 158 Å². The summed E-state index contributed by atoms with van der Waals surface area (Å²) in [5.74, 6) is -0.285. The second-order valence-corrected chi connectivity index (χ2v) is 6.75. The summed E-state index contributed by atoms with van der Waals surface area (Å²) in [4.78, 5) is 16.8. The maximum absolute atomic E-state index is 12.5. The molecule has 26 heavy (non-hydrogen) atoms. The lowest BCUT2D eigenvalue weighted by atomic mass is 10.2. The molecule has 0 spiro atoms. The zero-order valence-electron chi connectivity index (χ0n) is 13.5. The number of carbonyl (C=O) groups excluding carboxylic acids is 1. The number of amides is 1. The van der Waals surface area contributed by atoms with Crippen LogP contribution < -0.4 is 5.32 Å². The molecule has 0 fully saturated rings. The normalized spacial score (nSPS) is 10.7. The van der Waals surface area contributed by atoms with Crippen molar-refractivity contribution in [2.24, 2.45) is 0 Å². The maximum atomic E-state index is 12.5. The van der Waals surface area contributed by atoms with Gasteiger partial charge in [0.1, 0.15) is 10.7 Å². The van der Waals surface area contributed by atoms with E-state index in [-0.39, 0.29) is 5.91 Å². The van der Waals surface area contributed by atoms with Crippen LogP contribution in [-0.4, -0.2) is 20.7 Å². The van der Waals surface area contributed by atoms with Gasteiger partial charge in [-0.3, -0.25) is 4.79 Å². The number of thiazole rings is 1. The Bertz CT molecular complexity index is 1060. The van der Waals surface area contributed by atoms with Gasteiger partial charge in [0.25, 0.3) is 5.91 Å². The number of para-hydroxylation sites is 1. The predicted octanol–water partition coefficient (Wildman–Crippen LogP) is 4.90. The van der Waals surface area contributed by atoms with Gasteiger partial charge in [0, 0.05) is 10.9 Å². The molecule has 2 aromatic heterocycles. The first-order valence-electron chi connectivity index (χ1n) is 7.82. The van der Waals surface area contributed by atoms with E-state index in [1.54, 1.807) is 28.5 Å². The number of hydrogen-bond donors (Lipinski definition) is 1. The number of nitrogens with one attached hydrogen (secondary N) is 1. The Hall–Kier alpha value is -2.96. The number of benzene rings is 2. The lowest BCUT2D eigenvalue weighted by molar-refractivity contribution is 0.102. The number of aromatic nitrogens is 3. The standard InChI is InChI=1S/C19H13ClN4OS/c20-16-9-5-4-8-15(16)19-23-17(12-26-19)18(25)22-13-10-21-24(11-13)14-6-2-1-3-7-14/h1-12H,(H,22,25). The van der Waals surface area contributed by atoms with Gasteiger partial charge >= 0.3 is 0 Å². The highest BCUT2D eigenvalue weighted by atomic mass is 35.5. The molecule has 2 aromatic carbocycles. The molecule has 1 amide bonds. The highest BCUT2D eigenvalue weighted by molar-refractivity contribution is 7.13. The molecule has 4 aromatic rings.